The van der Waals surface area contributed by atoms with Crippen LogP contribution in [-0.2, 0) is 4.79 Å². The molecule has 3 aromatic rings. The Bertz CT molecular complexity index is 1080. The molecule has 0 radical (unpaired) electrons. The molecule has 2 aromatic carbocycles. The van der Waals surface area contributed by atoms with Crippen LogP contribution in [0.25, 0.3) is 22.8 Å². The Morgan fingerprint density at radius 3 is 2.65 bits per heavy atom. The summed E-state index contributed by atoms with van der Waals surface area (Å²) in [7, 11) is 0. The summed E-state index contributed by atoms with van der Waals surface area (Å²) >= 11 is 0. The minimum absolute atomic E-state index is 0.277. The summed E-state index contributed by atoms with van der Waals surface area (Å²) in [6.45, 7) is 3.73. The van der Waals surface area contributed by atoms with E-state index in [9.17, 15) is 9.18 Å². The zero-order valence-corrected chi connectivity index (χ0v) is 14.4. The molecule has 4 N–H and O–H groups in total. The molecule has 0 aliphatic carbocycles. The first kappa shape index (κ1) is 16.1. The van der Waals surface area contributed by atoms with Crippen LogP contribution in [0.5, 0.6) is 0 Å². The topological polar surface area (TPSA) is 83.8 Å². The highest BCUT2D eigenvalue weighted by Crippen LogP contribution is 2.42. The molecule has 0 spiro atoms. The summed E-state index contributed by atoms with van der Waals surface area (Å²) in [5.41, 5.74) is 11.5. The molecule has 0 unspecified atom stereocenters. The monoisotopic (exact) mass is 348 g/mol. The number of fused-ring (bicyclic) bond motifs is 1. The van der Waals surface area contributed by atoms with Crippen LogP contribution < -0.4 is 11.1 Å². The predicted octanol–water partition coefficient (Wildman–Crippen LogP) is 3.91. The first-order valence-electron chi connectivity index (χ1n) is 8.18. The molecule has 26 heavy (non-hydrogen) atoms. The fourth-order valence-corrected chi connectivity index (χ4v) is 3.14. The average Bonchev–Trinajstić information content (AvgIpc) is 3.15. The van der Waals surface area contributed by atoms with E-state index >= 15 is 0 Å². The molecule has 2 heterocycles. The largest absolute Gasteiger partial charge is 0.398 e. The van der Waals surface area contributed by atoms with Crippen LogP contribution in [0.3, 0.4) is 0 Å². The smallest absolute Gasteiger partial charge is 0.256 e. The van der Waals surface area contributed by atoms with Gasteiger partial charge >= 0.3 is 0 Å². The van der Waals surface area contributed by atoms with Gasteiger partial charge in [-0.2, -0.15) is 0 Å². The predicted molar refractivity (Wildman–Crippen MR) is 101 cm³/mol. The molecule has 0 saturated carbocycles. The number of imidazole rings is 1. The minimum atomic E-state index is -0.407. The number of halogens is 1. The SMILES string of the molecule is Cc1ccc(-c2c(F)ccc3c2/C(=C/c2[nH]cnc2C)C(=O)N3)cc1N. The van der Waals surface area contributed by atoms with Crippen LogP contribution in [0.2, 0.25) is 0 Å². The lowest BCUT2D eigenvalue weighted by Crippen LogP contribution is -2.03. The van der Waals surface area contributed by atoms with Crippen molar-refractivity contribution in [2.45, 2.75) is 13.8 Å². The molecule has 0 bridgehead atoms. The fourth-order valence-electron chi connectivity index (χ4n) is 3.14. The molecule has 6 heteroatoms. The van der Waals surface area contributed by atoms with Crippen molar-refractivity contribution in [2.75, 3.05) is 11.1 Å². The van der Waals surface area contributed by atoms with Gasteiger partial charge in [0.05, 0.1) is 23.3 Å². The lowest BCUT2D eigenvalue weighted by molar-refractivity contribution is -0.110. The molecule has 1 aromatic heterocycles. The van der Waals surface area contributed by atoms with Crippen LogP contribution in [0.15, 0.2) is 36.7 Å². The molecule has 5 nitrogen and oxygen atoms in total. The van der Waals surface area contributed by atoms with Crippen molar-refractivity contribution in [2.24, 2.45) is 0 Å². The Kier molecular flexibility index (Phi) is 3.61. The van der Waals surface area contributed by atoms with E-state index in [0.29, 0.717) is 39.3 Å². The summed E-state index contributed by atoms with van der Waals surface area (Å²) in [5, 5.41) is 2.80. The number of nitrogens with zero attached hydrogens (tertiary/aromatic N) is 1. The van der Waals surface area contributed by atoms with Gasteiger partial charge in [-0.1, -0.05) is 12.1 Å². The molecule has 1 aliphatic rings. The van der Waals surface area contributed by atoms with Crippen molar-refractivity contribution in [1.82, 2.24) is 9.97 Å². The highest BCUT2D eigenvalue weighted by Gasteiger charge is 2.29. The first-order valence-corrected chi connectivity index (χ1v) is 8.18. The number of nitrogens with two attached hydrogens (primary N) is 1. The lowest BCUT2D eigenvalue weighted by atomic mass is 9.93. The van der Waals surface area contributed by atoms with Gasteiger partial charge in [0.25, 0.3) is 5.91 Å². The van der Waals surface area contributed by atoms with Crippen LogP contribution >= 0.6 is 0 Å². The third kappa shape index (κ3) is 2.47. The number of benzene rings is 2. The van der Waals surface area contributed by atoms with Gasteiger partial charge in [0.2, 0.25) is 0 Å². The van der Waals surface area contributed by atoms with Crippen molar-refractivity contribution in [3.05, 3.63) is 65.0 Å². The third-order valence-corrected chi connectivity index (χ3v) is 4.64. The number of hydrogen-bond donors (Lipinski definition) is 3. The summed E-state index contributed by atoms with van der Waals surface area (Å²) in [6.07, 6.45) is 3.26. The maximum absolute atomic E-state index is 14.8. The number of aryl methyl sites for hydroxylation is 2. The number of aromatic nitrogens is 2. The second-order valence-corrected chi connectivity index (χ2v) is 6.33. The van der Waals surface area contributed by atoms with Gasteiger partial charge < -0.3 is 16.0 Å². The molecule has 130 valence electrons. The van der Waals surface area contributed by atoms with Gasteiger partial charge in [0.15, 0.2) is 0 Å². The van der Waals surface area contributed by atoms with Crippen LogP contribution in [0.1, 0.15) is 22.5 Å². The number of rotatable bonds is 2. The number of nitrogen functional groups attached to an aromatic ring is 1. The van der Waals surface area contributed by atoms with E-state index in [4.69, 9.17) is 5.73 Å². The van der Waals surface area contributed by atoms with E-state index in [-0.39, 0.29) is 5.91 Å². The van der Waals surface area contributed by atoms with Crippen molar-refractivity contribution in [3.8, 4) is 11.1 Å². The Morgan fingerprint density at radius 1 is 1.15 bits per heavy atom. The van der Waals surface area contributed by atoms with Crippen molar-refractivity contribution in [1.29, 1.82) is 0 Å². The molecular weight excluding hydrogens is 331 g/mol. The van der Waals surface area contributed by atoms with Gasteiger partial charge in [-0.05, 0) is 49.2 Å². The number of carbonyl (C=O) groups is 1. The Balaban J connectivity index is 1.98. The van der Waals surface area contributed by atoms with E-state index in [1.54, 1.807) is 24.5 Å². The fraction of sp³-hybridized carbons (Fsp3) is 0.100. The van der Waals surface area contributed by atoms with Gasteiger partial charge in [0.1, 0.15) is 5.82 Å². The van der Waals surface area contributed by atoms with Crippen LogP contribution in [0, 0.1) is 19.7 Å². The van der Waals surface area contributed by atoms with Gasteiger partial charge in [0, 0.05) is 22.5 Å². The minimum Gasteiger partial charge on any atom is -0.398 e. The number of nitrogens with one attached hydrogen (secondary N) is 2. The molecule has 1 amide bonds. The zero-order chi connectivity index (χ0) is 18.4. The second kappa shape index (κ2) is 5.84. The summed E-state index contributed by atoms with van der Waals surface area (Å²) in [5.74, 6) is -0.684. The standard InChI is InChI=1S/C20H17FN4O/c1-10-3-4-12(7-15(10)22)18-14(21)5-6-16-19(18)13(20(26)25-16)8-17-11(2)23-9-24-17/h3-9H,22H2,1-2H3,(H,23,24)(H,25,26)/b13-8-. The van der Waals surface area contributed by atoms with E-state index in [1.165, 1.54) is 6.07 Å². The van der Waals surface area contributed by atoms with Gasteiger partial charge in [-0.15, -0.1) is 0 Å². The number of aromatic amines is 1. The van der Waals surface area contributed by atoms with E-state index in [0.717, 1.165) is 11.3 Å². The number of carbonyl (C=O) groups excluding carboxylic acids is 1. The number of H-pyrrole nitrogens is 1. The van der Waals surface area contributed by atoms with Gasteiger partial charge in [-0.25, -0.2) is 9.37 Å². The Labute approximate surface area is 149 Å². The normalized spacial score (nSPS) is 14.6. The summed E-state index contributed by atoms with van der Waals surface area (Å²) in [6, 6.07) is 8.32. The quantitative estimate of drug-likeness (QED) is 0.485. The first-order chi connectivity index (χ1) is 12.5. The average molecular weight is 348 g/mol. The lowest BCUT2D eigenvalue weighted by Gasteiger charge is -2.12. The molecule has 0 fully saturated rings. The van der Waals surface area contributed by atoms with Crippen LogP contribution in [0.4, 0.5) is 15.8 Å². The molecule has 1 aliphatic heterocycles. The maximum Gasteiger partial charge on any atom is 0.256 e. The van der Waals surface area contributed by atoms with Crippen molar-refractivity contribution < 1.29 is 9.18 Å². The van der Waals surface area contributed by atoms with Gasteiger partial charge in [-0.3, -0.25) is 4.79 Å². The van der Waals surface area contributed by atoms with E-state index in [1.807, 2.05) is 26.0 Å². The molecule has 0 saturated heterocycles. The second-order valence-electron chi connectivity index (χ2n) is 6.33. The highest BCUT2D eigenvalue weighted by atomic mass is 19.1. The van der Waals surface area contributed by atoms with Crippen molar-refractivity contribution in [3.63, 3.8) is 0 Å². The van der Waals surface area contributed by atoms with Crippen molar-refractivity contribution >= 4 is 28.9 Å². The van der Waals surface area contributed by atoms with E-state index < -0.39 is 5.82 Å². The van der Waals surface area contributed by atoms with Crippen LogP contribution in [-0.4, -0.2) is 15.9 Å². The summed E-state index contributed by atoms with van der Waals surface area (Å²) in [4.78, 5) is 19.7. The highest BCUT2D eigenvalue weighted by molar-refractivity contribution is 6.36. The maximum atomic E-state index is 14.8. The molecule has 0 atom stereocenters. The Hall–Kier alpha value is -3.41. The number of hydrogen-bond acceptors (Lipinski definition) is 3. The number of amides is 1. The summed E-state index contributed by atoms with van der Waals surface area (Å²) < 4.78 is 14.8. The Morgan fingerprint density at radius 2 is 1.96 bits per heavy atom. The molecule has 4 rings (SSSR count). The molecular formula is C20H17FN4O. The third-order valence-electron chi connectivity index (χ3n) is 4.64. The number of anilines is 2. The zero-order valence-electron chi connectivity index (χ0n) is 14.4. The van der Waals surface area contributed by atoms with E-state index in [2.05, 4.69) is 15.3 Å².